The van der Waals surface area contributed by atoms with Crippen LogP contribution >= 0.6 is 0 Å². The van der Waals surface area contributed by atoms with Gasteiger partial charge in [0.05, 0.1) is 0 Å². The predicted molar refractivity (Wildman–Crippen MR) is 51.4 cm³/mol. The minimum atomic E-state index is 0.413. The molecule has 2 heteroatoms. The summed E-state index contributed by atoms with van der Waals surface area (Å²) in [7, 11) is 0. The van der Waals surface area contributed by atoms with Crippen LogP contribution in [0, 0.1) is 17.8 Å². The monoisotopic (exact) mass is 181 g/mol. The van der Waals surface area contributed by atoms with Gasteiger partial charge in [0.25, 0.3) is 0 Å². The Balaban J connectivity index is 1.61. The highest BCUT2D eigenvalue weighted by molar-refractivity contribution is 4.98. The molecule has 2 bridgehead atoms. The third-order valence-corrected chi connectivity index (χ3v) is 4.22. The van der Waals surface area contributed by atoms with E-state index >= 15 is 0 Å². The van der Waals surface area contributed by atoms with Crippen LogP contribution in [-0.2, 0) is 0 Å². The number of hydrogen-bond acceptors (Lipinski definition) is 2. The topological polar surface area (TPSA) is 23.5 Å². The summed E-state index contributed by atoms with van der Waals surface area (Å²) in [4.78, 5) is 2.66. The number of rotatable bonds is 2. The van der Waals surface area contributed by atoms with Crippen molar-refractivity contribution in [2.24, 2.45) is 17.8 Å². The summed E-state index contributed by atoms with van der Waals surface area (Å²) in [5, 5.41) is 9.03. The number of aliphatic hydroxyl groups is 1. The van der Waals surface area contributed by atoms with Gasteiger partial charge in [-0.1, -0.05) is 0 Å². The van der Waals surface area contributed by atoms with E-state index in [0.717, 1.165) is 17.9 Å². The Labute approximate surface area is 79.9 Å². The molecule has 4 atom stereocenters. The van der Waals surface area contributed by atoms with Crippen molar-refractivity contribution in [1.29, 1.82) is 0 Å². The summed E-state index contributed by atoms with van der Waals surface area (Å²) in [5.41, 5.74) is 0. The van der Waals surface area contributed by atoms with Crippen molar-refractivity contribution >= 4 is 0 Å². The molecule has 74 valence electrons. The molecule has 0 spiro atoms. The van der Waals surface area contributed by atoms with Gasteiger partial charge in [-0.05, 0) is 43.4 Å². The van der Waals surface area contributed by atoms with Gasteiger partial charge in [-0.2, -0.15) is 0 Å². The fourth-order valence-corrected chi connectivity index (χ4v) is 3.39. The first-order chi connectivity index (χ1) is 6.36. The van der Waals surface area contributed by atoms with Crippen LogP contribution in [-0.4, -0.2) is 35.7 Å². The molecule has 1 aliphatic heterocycles. The quantitative estimate of drug-likeness (QED) is 0.689. The average Bonchev–Trinajstić information content (AvgIpc) is 2.87. The number of nitrogens with zero attached hydrogens (tertiary/aromatic N) is 1. The van der Waals surface area contributed by atoms with Crippen LogP contribution in [0.4, 0.5) is 0 Å². The van der Waals surface area contributed by atoms with Crippen LogP contribution in [0.1, 0.15) is 25.7 Å². The zero-order chi connectivity index (χ0) is 8.84. The third-order valence-electron chi connectivity index (χ3n) is 4.22. The van der Waals surface area contributed by atoms with E-state index in [0.29, 0.717) is 12.5 Å². The third kappa shape index (κ3) is 1.40. The first-order valence-corrected chi connectivity index (χ1v) is 5.71. The van der Waals surface area contributed by atoms with Crippen molar-refractivity contribution < 1.29 is 5.11 Å². The molecule has 2 saturated carbocycles. The number of piperidine rings is 1. The maximum atomic E-state index is 9.03. The predicted octanol–water partition coefficient (Wildman–Crippen LogP) is 1.10. The van der Waals surface area contributed by atoms with E-state index in [1.165, 1.54) is 38.8 Å². The fourth-order valence-electron chi connectivity index (χ4n) is 3.39. The molecule has 1 N–H and O–H groups in total. The fraction of sp³-hybridized carbons (Fsp3) is 1.00. The molecule has 3 fully saturated rings. The summed E-state index contributed by atoms with van der Waals surface area (Å²) in [6, 6.07) is 0.758. The molecule has 0 aromatic rings. The second kappa shape index (κ2) is 2.96. The summed E-state index contributed by atoms with van der Waals surface area (Å²) in [5.74, 6) is 2.62. The van der Waals surface area contributed by atoms with E-state index in [9.17, 15) is 0 Å². The molecule has 3 rings (SSSR count). The Morgan fingerprint density at radius 1 is 1.08 bits per heavy atom. The smallest absolute Gasteiger partial charge is 0.0474 e. The highest BCUT2D eigenvalue weighted by Crippen LogP contribution is 2.43. The zero-order valence-corrected chi connectivity index (χ0v) is 8.15. The van der Waals surface area contributed by atoms with Crippen molar-refractivity contribution in [3.8, 4) is 0 Å². The second-order valence-corrected chi connectivity index (χ2v) is 5.24. The normalized spacial score (nSPS) is 49.6. The molecule has 2 nitrogen and oxygen atoms in total. The molecular weight excluding hydrogens is 162 g/mol. The Kier molecular flexibility index (Phi) is 1.88. The van der Waals surface area contributed by atoms with E-state index in [-0.39, 0.29) is 0 Å². The van der Waals surface area contributed by atoms with Crippen molar-refractivity contribution in [3.63, 3.8) is 0 Å². The first-order valence-electron chi connectivity index (χ1n) is 5.71. The van der Waals surface area contributed by atoms with E-state index in [1.54, 1.807) is 0 Å². The molecule has 0 aromatic heterocycles. The highest BCUT2D eigenvalue weighted by atomic mass is 16.3. The van der Waals surface area contributed by atoms with Gasteiger partial charge in [-0.25, -0.2) is 0 Å². The lowest BCUT2D eigenvalue weighted by Crippen LogP contribution is -2.38. The summed E-state index contributed by atoms with van der Waals surface area (Å²) in [6.45, 7) is 3.08. The van der Waals surface area contributed by atoms with Crippen LogP contribution in [0.3, 0.4) is 0 Å². The minimum Gasteiger partial charge on any atom is -0.396 e. The van der Waals surface area contributed by atoms with E-state index in [1.807, 2.05) is 0 Å². The molecule has 1 heterocycles. The van der Waals surface area contributed by atoms with Gasteiger partial charge in [-0.3, -0.25) is 4.90 Å². The Bertz CT molecular complexity index is 194. The van der Waals surface area contributed by atoms with Gasteiger partial charge in [0, 0.05) is 25.7 Å². The first kappa shape index (κ1) is 8.25. The number of likely N-dealkylation sites (tertiary alicyclic amines) is 1. The lowest BCUT2D eigenvalue weighted by atomic mass is 9.99. The molecular formula is C11H19NO. The van der Waals surface area contributed by atoms with Gasteiger partial charge in [0.15, 0.2) is 0 Å². The summed E-state index contributed by atoms with van der Waals surface area (Å²) >= 11 is 0. The van der Waals surface area contributed by atoms with Crippen LogP contribution in [0.15, 0.2) is 0 Å². The van der Waals surface area contributed by atoms with Crippen molar-refractivity contribution in [2.75, 3.05) is 19.7 Å². The van der Waals surface area contributed by atoms with Crippen LogP contribution in [0.25, 0.3) is 0 Å². The van der Waals surface area contributed by atoms with Crippen molar-refractivity contribution in [2.45, 2.75) is 31.7 Å². The Hall–Kier alpha value is -0.0800. The highest BCUT2D eigenvalue weighted by Gasteiger charge is 2.45. The Morgan fingerprint density at radius 3 is 2.31 bits per heavy atom. The largest absolute Gasteiger partial charge is 0.396 e. The van der Waals surface area contributed by atoms with Gasteiger partial charge in [-0.15, -0.1) is 0 Å². The van der Waals surface area contributed by atoms with Crippen LogP contribution < -0.4 is 0 Å². The van der Waals surface area contributed by atoms with Gasteiger partial charge < -0.3 is 5.11 Å². The van der Waals surface area contributed by atoms with E-state index in [4.69, 9.17) is 5.11 Å². The van der Waals surface area contributed by atoms with E-state index in [2.05, 4.69) is 4.90 Å². The molecule has 0 aromatic carbocycles. The molecule has 13 heavy (non-hydrogen) atoms. The van der Waals surface area contributed by atoms with Gasteiger partial charge >= 0.3 is 0 Å². The van der Waals surface area contributed by atoms with E-state index < -0.39 is 0 Å². The van der Waals surface area contributed by atoms with Crippen LogP contribution in [0.5, 0.6) is 0 Å². The maximum Gasteiger partial charge on any atom is 0.0474 e. The number of hydrogen-bond donors (Lipinski definition) is 1. The molecule has 1 saturated heterocycles. The lowest BCUT2D eigenvalue weighted by Gasteiger charge is -2.32. The molecule has 2 aliphatic carbocycles. The van der Waals surface area contributed by atoms with Crippen LogP contribution in [0.2, 0.25) is 0 Å². The second-order valence-electron chi connectivity index (χ2n) is 5.24. The molecule has 4 unspecified atom stereocenters. The number of fused-ring (bicyclic) bond motifs is 2. The summed E-state index contributed by atoms with van der Waals surface area (Å²) < 4.78 is 0. The van der Waals surface area contributed by atoms with Gasteiger partial charge in [0.2, 0.25) is 0 Å². The van der Waals surface area contributed by atoms with Gasteiger partial charge in [0.1, 0.15) is 0 Å². The SMILES string of the molecule is OCC1CC1N1CC2CCC(C2)C1. The maximum absolute atomic E-state index is 9.03. The standard InChI is InChI=1S/C11H19NO/c13-7-10-4-11(10)12-5-8-1-2-9(3-8)6-12/h8-11,13H,1-7H2. The minimum absolute atomic E-state index is 0.413. The number of aliphatic hydroxyl groups excluding tert-OH is 1. The molecule has 3 aliphatic rings. The lowest BCUT2D eigenvalue weighted by molar-refractivity contribution is 0.143. The average molecular weight is 181 g/mol. The summed E-state index contributed by atoms with van der Waals surface area (Å²) in [6.07, 6.45) is 5.69. The molecule has 0 radical (unpaired) electrons. The molecule has 0 amide bonds. The van der Waals surface area contributed by atoms with Crippen molar-refractivity contribution in [1.82, 2.24) is 4.90 Å². The zero-order valence-electron chi connectivity index (χ0n) is 8.15. The van der Waals surface area contributed by atoms with Crippen molar-refractivity contribution in [3.05, 3.63) is 0 Å². The Morgan fingerprint density at radius 2 is 1.77 bits per heavy atom.